The van der Waals surface area contributed by atoms with Crippen molar-refractivity contribution in [1.29, 1.82) is 0 Å². The highest BCUT2D eigenvalue weighted by molar-refractivity contribution is 14.1. The highest BCUT2D eigenvalue weighted by atomic mass is 127. The van der Waals surface area contributed by atoms with Crippen molar-refractivity contribution in [2.24, 2.45) is 0 Å². The SMILES string of the molecule is OC(c1csc(I)c1)c1csc2ccccc12. The molecule has 0 aliphatic rings. The Morgan fingerprint density at radius 2 is 1.94 bits per heavy atom. The van der Waals surface area contributed by atoms with Crippen LogP contribution in [0.3, 0.4) is 0 Å². The van der Waals surface area contributed by atoms with E-state index in [9.17, 15) is 5.11 Å². The summed E-state index contributed by atoms with van der Waals surface area (Å²) in [6.45, 7) is 0. The molecule has 0 bridgehead atoms. The maximum Gasteiger partial charge on any atom is 0.106 e. The Hall–Kier alpha value is -0.430. The van der Waals surface area contributed by atoms with Crippen LogP contribution in [0.15, 0.2) is 41.1 Å². The van der Waals surface area contributed by atoms with Crippen LogP contribution in [0.2, 0.25) is 0 Å². The van der Waals surface area contributed by atoms with E-state index in [4.69, 9.17) is 0 Å². The summed E-state index contributed by atoms with van der Waals surface area (Å²) >= 11 is 5.63. The third-order valence-corrected chi connectivity index (χ3v) is 5.50. The van der Waals surface area contributed by atoms with Gasteiger partial charge in [0.05, 0.1) is 2.88 Å². The van der Waals surface area contributed by atoms with Crippen LogP contribution in [0.25, 0.3) is 10.1 Å². The van der Waals surface area contributed by atoms with Crippen LogP contribution >= 0.6 is 45.3 Å². The number of hydrogen-bond acceptors (Lipinski definition) is 3. The zero-order chi connectivity index (χ0) is 11.8. The molecule has 17 heavy (non-hydrogen) atoms. The number of aliphatic hydroxyl groups excluding tert-OH is 1. The second kappa shape index (κ2) is 4.68. The quantitative estimate of drug-likeness (QED) is 0.650. The fourth-order valence-electron chi connectivity index (χ4n) is 1.86. The average Bonchev–Trinajstić information content (AvgIpc) is 2.94. The highest BCUT2D eigenvalue weighted by Gasteiger charge is 2.16. The van der Waals surface area contributed by atoms with Gasteiger partial charge in [-0.3, -0.25) is 0 Å². The molecule has 1 nitrogen and oxygen atoms in total. The van der Waals surface area contributed by atoms with Crippen molar-refractivity contribution in [3.05, 3.63) is 55.1 Å². The van der Waals surface area contributed by atoms with E-state index < -0.39 is 6.10 Å². The smallest absolute Gasteiger partial charge is 0.106 e. The van der Waals surface area contributed by atoms with Gasteiger partial charge in [-0.1, -0.05) is 18.2 Å². The van der Waals surface area contributed by atoms with Gasteiger partial charge in [-0.15, -0.1) is 22.7 Å². The number of benzene rings is 1. The van der Waals surface area contributed by atoms with E-state index in [2.05, 4.69) is 40.1 Å². The molecule has 1 atom stereocenters. The predicted molar refractivity (Wildman–Crippen MR) is 82.9 cm³/mol. The number of fused-ring (bicyclic) bond motifs is 1. The average molecular weight is 372 g/mol. The van der Waals surface area contributed by atoms with Gasteiger partial charge in [0.1, 0.15) is 6.10 Å². The maximum absolute atomic E-state index is 10.4. The Bertz CT molecular complexity index is 656. The molecule has 3 rings (SSSR count). The Morgan fingerprint density at radius 1 is 1.12 bits per heavy atom. The summed E-state index contributed by atoms with van der Waals surface area (Å²) in [4.78, 5) is 0. The Balaban J connectivity index is 2.09. The topological polar surface area (TPSA) is 20.2 Å². The second-order valence-corrected chi connectivity index (χ2v) is 7.49. The summed E-state index contributed by atoms with van der Waals surface area (Å²) in [7, 11) is 0. The molecule has 2 aromatic heterocycles. The number of aliphatic hydroxyl groups is 1. The minimum absolute atomic E-state index is 0.508. The van der Waals surface area contributed by atoms with Gasteiger partial charge in [0.25, 0.3) is 0 Å². The van der Waals surface area contributed by atoms with Gasteiger partial charge in [-0.2, -0.15) is 0 Å². The van der Waals surface area contributed by atoms with Crippen LogP contribution in [0.4, 0.5) is 0 Å². The number of halogens is 1. The zero-order valence-electron chi connectivity index (χ0n) is 8.76. The number of thiophene rings is 2. The van der Waals surface area contributed by atoms with E-state index in [1.54, 1.807) is 22.7 Å². The molecule has 0 aliphatic heterocycles. The first-order valence-corrected chi connectivity index (χ1v) is 7.97. The third-order valence-electron chi connectivity index (χ3n) is 2.71. The molecule has 86 valence electrons. The lowest BCUT2D eigenvalue weighted by atomic mass is 10.0. The largest absolute Gasteiger partial charge is 0.384 e. The minimum Gasteiger partial charge on any atom is -0.384 e. The lowest BCUT2D eigenvalue weighted by Crippen LogP contribution is -1.96. The van der Waals surface area contributed by atoms with Gasteiger partial charge in [0, 0.05) is 10.3 Å². The molecule has 0 saturated heterocycles. The third kappa shape index (κ3) is 2.14. The van der Waals surface area contributed by atoms with Gasteiger partial charge < -0.3 is 5.11 Å². The highest BCUT2D eigenvalue weighted by Crippen LogP contribution is 2.34. The van der Waals surface area contributed by atoms with E-state index in [0.29, 0.717) is 0 Å². The van der Waals surface area contributed by atoms with Crippen molar-refractivity contribution in [2.45, 2.75) is 6.10 Å². The molecule has 0 amide bonds. The monoisotopic (exact) mass is 372 g/mol. The summed E-state index contributed by atoms with van der Waals surface area (Å²) in [5.74, 6) is 0. The molecule has 1 N–H and O–H groups in total. The minimum atomic E-state index is -0.508. The number of hydrogen-bond donors (Lipinski definition) is 1. The van der Waals surface area contributed by atoms with E-state index in [-0.39, 0.29) is 0 Å². The summed E-state index contributed by atoms with van der Waals surface area (Å²) in [5.41, 5.74) is 2.00. The van der Waals surface area contributed by atoms with Gasteiger partial charge >= 0.3 is 0 Å². The molecule has 1 unspecified atom stereocenters. The Labute approximate surface area is 121 Å². The number of rotatable bonds is 2. The molecular formula is C13H9IOS2. The van der Waals surface area contributed by atoms with Gasteiger partial charge in [-0.05, 0) is 56.4 Å². The molecule has 4 heteroatoms. The maximum atomic E-state index is 10.4. The molecule has 2 heterocycles. The summed E-state index contributed by atoms with van der Waals surface area (Å²) in [6.07, 6.45) is -0.508. The molecule has 3 aromatic rings. The standard InChI is InChI=1S/C13H9IOS2/c14-12-5-8(6-17-12)13(15)10-7-16-11-4-2-1-3-9(10)11/h1-7,13,15H. The predicted octanol–water partition coefficient (Wildman–Crippen LogP) is 4.65. The van der Waals surface area contributed by atoms with Crippen molar-refractivity contribution in [3.63, 3.8) is 0 Å². The van der Waals surface area contributed by atoms with Crippen molar-refractivity contribution in [2.75, 3.05) is 0 Å². The molecule has 0 saturated carbocycles. The molecule has 1 aromatic carbocycles. The van der Waals surface area contributed by atoms with Crippen molar-refractivity contribution in [3.8, 4) is 0 Å². The van der Waals surface area contributed by atoms with Crippen LogP contribution in [0.5, 0.6) is 0 Å². The van der Waals surface area contributed by atoms with Crippen LogP contribution < -0.4 is 0 Å². The van der Waals surface area contributed by atoms with Crippen LogP contribution in [-0.2, 0) is 0 Å². The van der Waals surface area contributed by atoms with Crippen molar-refractivity contribution >= 4 is 55.4 Å². The fourth-order valence-corrected chi connectivity index (χ4v) is 4.23. The Kier molecular flexibility index (Phi) is 3.21. The van der Waals surface area contributed by atoms with Gasteiger partial charge in [-0.25, -0.2) is 0 Å². The van der Waals surface area contributed by atoms with Gasteiger partial charge in [0.15, 0.2) is 0 Å². The first kappa shape index (κ1) is 11.6. The first-order chi connectivity index (χ1) is 8.25. The molecule has 0 aliphatic carbocycles. The second-order valence-electron chi connectivity index (χ2n) is 3.77. The summed E-state index contributed by atoms with van der Waals surface area (Å²) in [6, 6.07) is 10.3. The van der Waals surface area contributed by atoms with E-state index in [0.717, 1.165) is 16.5 Å². The molecular weight excluding hydrogens is 363 g/mol. The summed E-state index contributed by atoms with van der Waals surface area (Å²) < 4.78 is 2.43. The molecule has 0 spiro atoms. The fraction of sp³-hybridized carbons (Fsp3) is 0.0769. The zero-order valence-corrected chi connectivity index (χ0v) is 12.6. The normalized spacial score (nSPS) is 13.1. The molecule has 0 radical (unpaired) electrons. The molecule has 0 fully saturated rings. The lowest BCUT2D eigenvalue weighted by molar-refractivity contribution is 0.223. The lowest BCUT2D eigenvalue weighted by Gasteiger charge is -2.07. The van der Waals surface area contributed by atoms with Crippen LogP contribution in [-0.4, -0.2) is 5.11 Å². The van der Waals surface area contributed by atoms with Crippen LogP contribution in [0, 0.1) is 2.88 Å². The van der Waals surface area contributed by atoms with Crippen molar-refractivity contribution < 1.29 is 5.11 Å². The summed E-state index contributed by atoms with van der Waals surface area (Å²) in [5, 5.41) is 15.6. The van der Waals surface area contributed by atoms with Gasteiger partial charge in [0.2, 0.25) is 0 Å². The van der Waals surface area contributed by atoms with Crippen LogP contribution in [0.1, 0.15) is 17.2 Å². The van der Waals surface area contributed by atoms with E-state index in [1.165, 1.54) is 7.58 Å². The van der Waals surface area contributed by atoms with Crippen molar-refractivity contribution in [1.82, 2.24) is 0 Å². The Morgan fingerprint density at radius 3 is 2.71 bits per heavy atom. The first-order valence-electron chi connectivity index (χ1n) is 5.14. The van der Waals surface area contributed by atoms with E-state index >= 15 is 0 Å². The van der Waals surface area contributed by atoms with E-state index in [1.807, 2.05) is 23.6 Å².